The summed E-state index contributed by atoms with van der Waals surface area (Å²) in [6.45, 7) is 0.965. The quantitative estimate of drug-likeness (QED) is 0.500. The van der Waals surface area contributed by atoms with Gasteiger partial charge in [-0.3, -0.25) is 10.1 Å². The summed E-state index contributed by atoms with van der Waals surface area (Å²) in [5.41, 5.74) is 1.41. The molecule has 0 unspecified atom stereocenters. The van der Waals surface area contributed by atoms with Gasteiger partial charge in [0.25, 0.3) is 5.69 Å². The van der Waals surface area contributed by atoms with Crippen molar-refractivity contribution >= 4 is 5.69 Å². The summed E-state index contributed by atoms with van der Waals surface area (Å²) in [5.74, 6) is -0.428. The van der Waals surface area contributed by atoms with E-state index in [1.807, 2.05) is 30.3 Å². The van der Waals surface area contributed by atoms with Crippen LogP contribution in [-0.4, -0.2) is 11.5 Å². The van der Waals surface area contributed by atoms with E-state index in [1.54, 1.807) is 0 Å². The lowest BCUT2D eigenvalue weighted by Crippen LogP contribution is -2.17. The Morgan fingerprint density at radius 2 is 1.90 bits per heavy atom. The van der Waals surface area contributed by atoms with Crippen LogP contribution in [0.2, 0.25) is 0 Å². The fraction of sp³-hybridized carbons (Fsp3) is 0.200. The van der Waals surface area contributed by atoms with Gasteiger partial charge in [0, 0.05) is 24.2 Å². The molecule has 0 spiro atoms. The summed E-state index contributed by atoms with van der Waals surface area (Å²) >= 11 is 0. The Morgan fingerprint density at radius 1 is 1.15 bits per heavy atom. The van der Waals surface area contributed by atoms with Gasteiger partial charge in [-0.1, -0.05) is 30.3 Å². The second-order valence-corrected chi connectivity index (χ2v) is 4.45. The monoisotopic (exact) mass is 274 g/mol. The van der Waals surface area contributed by atoms with E-state index in [0.717, 1.165) is 12.5 Å². The number of rotatable bonds is 6. The average molecular weight is 274 g/mol. The van der Waals surface area contributed by atoms with Gasteiger partial charge in [0.05, 0.1) is 4.92 Å². The molecule has 0 saturated heterocycles. The molecule has 0 bridgehead atoms. The van der Waals surface area contributed by atoms with Gasteiger partial charge in [0.1, 0.15) is 5.82 Å². The van der Waals surface area contributed by atoms with Crippen LogP contribution >= 0.6 is 0 Å². The highest BCUT2D eigenvalue weighted by Gasteiger charge is 2.10. The Bertz CT molecular complexity index is 588. The number of nitrogens with zero attached hydrogens (tertiary/aromatic N) is 1. The molecule has 1 N–H and O–H groups in total. The van der Waals surface area contributed by atoms with Crippen LogP contribution in [0.25, 0.3) is 0 Å². The maximum Gasteiger partial charge on any atom is 0.269 e. The smallest absolute Gasteiger partial charge is 0.269 e. The van der Waals surface area contributed by atoms with Gasteiger partial charge in [-0.25, -0.2) is 4.39 Å². The number of non-ortho nitro benzene ring substituents is 1. The van der Waals surface area contributed by atoms with Crippen LogP contribution in [0.1, 0.15) is 11.1 Å². The minimum Gasteiger partial charge on any atom is -0.312 e. The summed E-state index contributed by atoms with van der Waals surface area (Å²) in [6, 6.07) is 13.5. The van der Waals surface area contributed by atoms with Crippen LogP contribution in [0, 0.1) is 15.9 Å². The first kappa shape index (κ1) is 14.1. The first-order valence-corrected chi connectivity index (χ1v) is 6.34. The molecule has 2 aromatic carbocycles. The van der Waals surface area contributed by atoms with Gasteiger partial charge < -0.3 is 5.32 Å². The zero-order valence-corrected chi connectivity index (χ0v) is 10.9. The molecule has 4 nitrogen and oxygen atoms in total. The normalized spacial score (nSPS) is 10.4. The predicted molar refractivity (Wildman–Crippen MR) is 74.9 cm³/mol. The van der Waals surface area contributed by atoms with Crippen molar-refractivity contribution in [1.29, 1.82) is 0 Å². The Morgan fingerprint density at radius 3 is 2.60 bits per heavy atom. The second-order valence-electron chi connectivity index (χ2n) is 4.45. The van der Waals surface area contributed by atoms with Crippen molar-refractivity contribution in [3.05, 3.63) is 75.6 Å². The molecular formula is C15H15FN2O2. The van der Waals surface area contributed by atoms with Crippen molar-refractivity contribution in [2.24, 2.45) is 0 Å². The standard InChI is InChI=1S/C15H15FN2O2/c16-15-7-6-14(18(19)20)10-13(15)11-17-9-8-12-4-2-1-3-5-12/h1-7,10,17H,8-9,11H2. The van der Waals surface area contributed by atoms with Crippen LogP contribution in [0.4, 0.5) is 10.1 Å². The molecule has 0 amide bonds. The lowest BCUT2D eigenvalue weighted by molar-refractivity contribution is -0.385. The van der Waals surface area contributed by atoms with Crippen molar-refractivity contribution in [2.75, 3.05) is 6.54 Å². The fourth-order valence-electron chi connectivity index (χ4n) is 1.91. The molecule has 5 heteroatoms. The van der Waals surface area contributed by atoms with Gasteiger partial charge in [-0.2, -0.15) is 0 Å². The van der Waals surface area contributed by atoms with Crippen molar-refractivity contribution in [2.45, 2.75) is 13.0 Å². The molecule has 0 saturated carbocycles. The summed E-state index contributed by atoms with van der Waals surface area (Å²) in [5, 5.41) is 13.7. The highest BCUT2D eigenvalue weighted by Crippen LogP contribution is 2.16. The SMILES string of the molecule is O=[N+]([O-])c1ccc(F)c(CNCCc2ccccc2)c1. The second kappa shape index (κ2) is 6.77. The molecule has 0 atom stereocenters. The van der Waals surface area contributed by atoms with E-state index >= 15 is 0 Å². The summed E-state index contributed by atoms with van der Waals surface area (Å²) in [6.07, 6.45) is 0.831. The lowest BCUT2D eigenvalue weighted by atomic mass is 10.1. The molecule has 20 heavy (non-hydrogen) atoms. The molecule has 0 aromatic heterocycles. The van der Waals surface area contributed by atoms with E-state index in [0.29, 0.717) is 12.1 Å². The van der Waals surface area contributed by atoms with E-state index in [1.165, 1.54) is 17.7 Å². The van der Waals surface area contributed by atoms with Crippen molar-refractivity contribution in [3.63, 3.8) is 0 Å². The zero-order chi connectivity index (χ0) is 14.4. The van der Waals surface area contributed by atoms with E-state index in [9.17, 15) is 14.5 Å². The van der Waals surface area contributed by atoms with E-state index in [2.05, 4.69) is 5.32 Å². The molecule has 0 aliphatic heterocycles. The van der Waals surface area contributed by atoms with Crippen LogP contribution in [0.3, 0.4) is 0 Å². The molecular weight excluding hydrogens is 259 g/mol. The number of nitrogens with one attached hydrogen (secondary N) is 1. The van der Waals surface area contributed by atoms with Crippen molar-refractivity contribution < 1.29 is 9.31 Å². The van der Waals surface area contributed by atoms with Crippen LogP contribution in [-0.2, 0) is 13.0 Å². The number of hydrogen-bond acceptors (Lipinski definition) is 3. The van der Waals surface area contributed by atoms with Gasteiger partial charge >= 0.3 is 0 Å². The molecule has 0 aliphatic rings. The number of nitro benzene ring substituents is 1. The largest absolute Gasteiger partial charge is 0.312 e. The fourth-order valence-corrected chi connectivity index (χ4v) is 1.91. The average Bonchev–Trinajstić information content (AvgIpc) is 2.46. The third kappa shape index (κ3) is 3.86. The summed E-state index contributed by atoms with van der Waals surface area (Å²) < 4.78 is 13.5. The lowest BCUT2D eigenvalue weighted by Gasteiger charge is -2.06. The number of hydrogen-bond donors (Lipinski definition) is 1. The molecule has 0 aliphatic carbocycles. The Labute approximate surface area is 116 Å². The van der Waals surface area contributed by atoms with Crippen molar-refractivity contribution in [1.82, 2.24) is 5.32 Å². The first-order chi connectivity index (χ1) is 9.66. The molecule has 104 valence electrons. The minimum atomic E-state index is -0.521. The number of nitro groups is 1. The summed E-state index contributed by atoms with van der Waals surface area (Å²) in [7, 11) is 0. The van der Waals surface area contributed by atoms with E-state index in [-0.39, 0.29) is 12.2 Å². The molecule has 0 fully saturated rings. The van der Waals surface area contributed by atoms with E-state index < -0.39 is 10.7 Å². The zero-order valence-electron chi connectivity index (χ0n) is 10.9. The van der Waals surface area contributed by atoms with Gasteiger partial charge in [-0.15, -0.1) is 0 Å². The van der Waals surface area contributed by atoms with Gasteiger partial charge in [0.15, 0.2) is 0 Å². The highest BCUT2D eigenvalue weighted by atomic mass is 19.1. The molecule has 0 radical (unpaired) electrons. The first-order valence-electron chi connectivity index (χ1n) is 6.34. The third-order valence-electron chi connectivity index (χ3n) is 2.99. The van der Waals surface area contributed by atoms with Gasteiger partial charge in [-0.05, 0) is 24.6 Å². The van der Waals surface area contributed by atoms with E-state index in [4.69, 9.17) is 0 Å². The van der Waals surface area contributed by atoms with Crippen LogP contribution in [0.15, 0.2) is 48.5 Å². The molecule has 0 heterocycles. The minimum absolute atomic E-state index is 0.0914. The number of benzene rings is 2. The summed E-state index contributed by atoms with van der Waals surface area (Å²) in [4.78, 5) is 10.1. The van der Waals surface area contributed by atoms with Crippen molar-refractivity contribution in [3.8, 4) is 0 Å². The Kier molecular flexibility index (Phi) is 4.79. The molecule has 2 rings (SSSR count). The predicted octanol–water partition coefficient (Wildman–Crippen LogP) is 3.07. The molecule has 2 aromatic rings. The maximum atomic E-state index is 13.5. The van der Waals surface area contributed by atoms with Gasteiger partial charge in [0.2, 0.25) is 0 Å². The van der Waals surface area contributed by atoms with Crippen LogP contribution in [0.5, 0.6) is 0 Å². The maximum absolute atomic E-state index is 13.5. The Balaban J connectivity index is 1.88. The van der Waals surface area contributed by atoms with Crippen LogP contribution < -0.4 is 5.32 Å². The highest BCUT2D eigenvalue weighted by molar-refractivity contribution is 5.35. The Hall–Kier alpha value is -2.27. The third-order valence-corrected chi connectivity index (χ3v) is 2.99. The topological polar surface area (TPSA) is 55.2 Å². The number of halogens is 1.